The third-order valence-electron chi connectivity index (χ3n) is 2.64. The van der Waals surface area contributed by atoms with Crippen LogP contribution < -0.4 is 5.56 Å². The molecule has 0 unspecified atom stereocenters. The molecule has 1 aromatic heterocycles. The van der Waals surface area contributed by atoms with Crippen LogP contribution in [0.2, 0.25) is 5.02 Å². The molecule has 0 fully saturated rings. The van der Waals surface area contributed by atoms with E-state index < -0.39 is 11.5 Å². The summed E-state index contributed by atoms with van der Waals surface area (Å²) in [6, 6.07) is 6.30. The first-order chi connectivity index (χ1) is 8.49. The molecule has 2 rings (SSSR count). The van der Waals surface area contributed by atoms with Gasteiger partial charge in [-0.3, -0.25) is 4.79 Å². The maximum atomic E-state index is 11.2. The van der Waals surface area contributed by atoms with E-state index in [2.05, 4.69) is 4.98 Å². The fourth-order valence-electron chi connectivity index (χ4n) is 1.65. The summed E-state index contributed by atoms with van der Waals surface area (Å²) < 4.78 is 0. The van der Waals surface area contributed by atoms with Gasteiger partial charge in [-0.2, -0.15) is 0 Å². The van der Waals surface area contributed by atoms with Crippen molar-refractivity contribution >= 4 is 17.6 Å². The number of hydrogen-bond acceptors (Lipinski definition) is 2. The van der Waals surface area contributed by atoms with E-state index in [1.54, 1.807) is 18.2 Å². The average Bonchev–Trinajstić information content (AvgIpc) is 2.32. The van der Waals surface area contributed by atoms with E-state index in [9.17, 15) is 9.59 Å². The number of aromatic nitrogens is 1. The maximum Gasteiger partial charge on any atom is 0.336 e. The van der Waals surface area contributed by atoms with E-state index in [0.29, 0.717) is 16.1 Å². The number of aromatic carboxylic acids is 1. The lowest BCUT2D eigenvalue weighted by atomic mass is 10.0. The van der Waals surface area contributed by atoms with Crippen LogP contribution in [0.4, 0.5) is 0 Å². The highest BCUT2D eigenvalue weighted by atomic mass is 35.5. The number of carboxylic acid groups (broad SMARTS) is 1. The molecular weight excluding hydrogens is 254 g/mol. The quantitative estimate of drug-likeness (QED) is 0.875. The minimum atomic E-state index is -1.15. The molecule has 5 heteroatoms. The number of carboxylic acids is 1. The van der Waals surface area contributed by atoms with E-state index in [0.717, 1.165) is 11.6 Å². The third kappa shape index (κ3) is 2.28. The van der Waals surface area contributed by atoms with Gasteiger partial charge in [0.05, 0.1) is 5.56 Å². The topological polar surface area (TPSA) is 70.2 Å². The molecule has 1 aromatic carbocycles. The Hall–Kier alpha value is -2.07. The lowest BCUT2D eigenvalue weighted by Crippen LogP contribution is -2.10. The highest BCUT2D eigenvalue weighted by Gasteiger charge is 2.13. The van der Waals surface area contributed by atoms with Gasteiger partial charge in [-0.05, 0) is 24.1 Å². The maximum absolute atomic E-state index is 11.2. The third-order valence-corrected chi connectivity index (χ3v) is 3.04. The lowest BCUT2D eigenvalue weighted by molar-refractivity contribution is 0.0697. The summed E-state index contributed by atoms with van der Waals surface area (Å²) in [5, 5.41) is 9.64. The van der Waals surface area contributed by atoms with Crippen molar-refractivity contribution in [3.8, 4) is 11.1 Å². The minimum absolute atomic E-state index is 0.0429. The molecular formula is C13H10ClNO3. The van der Waals surface area contributed by atoms with Crippen LogP contribution in [0.1, 0.15) is 15.9 Å². The molecule has 1 heterocycles. The Morgan fingerprint density at radius 3 is 2.67 bits per heavy atom. The van der Waals surface area contributed by atoms with Crippen LogP contribution in [0.5, 0.6) is 0 Å². The minimum Gasteiger partial charge on any atom is -0.478 e. The Balaban J connectivity index is 2.66. The average molecular weight is 264 g/mol. The Bertz CT molecular complexity index is 676. The Morgan fingerprint density at radius 2 is 2.06 bits per heavy atom. The zero-order chi connectivity index (χ0) is 13.3. The zero-order valence-corrected chi connectivity index (χ0v) is 10.3. The highest BCUT2D eigenvalue weighted by Crippen LogP contribution is 2.26. The largest absolute Gasteiger partial charge is 0.478 e. The standard InChI is InChI=1S/C13H10ClNO3/c1-7-2-3-8(4-11(7)14)10-6-15-12(16)5-9(10)13(17)18/h2-6H,1H3,(H,15,16)(H,17,18). The smallest absolute Gasteiger partial charge is 0.336 e. The highest BCUT2D eigenvalue weighted by molar-refractivity contribution is 6.31. The molecule has 2 N–H and O–H groups in total. The summed E-state index contributed by atoms with van der Waals surface area (Å²) in [5.74, 6) is -1.15. The molecule has 4 nitrogen and oxygen atoms in total. The summed E-state index contributed by atoms with van der Waals surface area (Å²) >= 11 is 6.01. The number of halogens is 1. The van der Waals surface area contributed by atoms with Crippen molar-refractivity contribution in [2.75, 3.05) is 0 Å². The number of hydrogen-bond donors (Lipinski definition) is 2. The van der Waals surface area contributed by atoms with Crippen LogP contribution in [-0.4, -0.2) is 16.1 Å². The van der Waals surface area contributed by atoms with Crippen molar-refractivity contribution in [3.05, 3.63) is 57.0 Å². The van der Waals surface area contributed by atoms with E-state index in [4.69, 9.17) is 16.7 Å². The van der Waals surface area contributed by atoms with Crippen molar-refractivity contribution < 1.29 is 9.90 Å². The van der Waals surface area contributed by atoms with E-state index in [1.165, 1.54) is 6.20 Å². The van der Waals surface area contributed by atoms with Gasteiger partial charge < -0.3 is 10.1 Å². The number of pyridine rings is 1. The molecule has 0 atom stereocenters. The van der Waals surface area contributed by atoms with E-state index >= 15 is 0 Å². The molecule has 0 saturated heterocycles. The predicted octanol–water partition coefficient (Wildman–Crippen LogP) is 2.70. The SMILES string of the molecule is Cc1ccc(-c2c[nH]c(=O)cc2C(=O)O)cc1Cl. The number of benzene rings is 1. The van der Waals surface area contributed by atoms with Gasteiger partial charge >= 0.3 is 5.97 Å². The van der Waals surface area contributed by atoms with Gasteiger partial charge in [0, 0.05) is 22.8 Å². The van der Waals surface area contributed by atoms with Gasteiger partial charge in [0.25, 0.3) is 0 Å². The molecule has 92 valence electrons. The second kappa shape index (κ2) is 4.66. The van der Waals surface area contributed by atoms with Crippen LogP contribution in [0, 0.1) is 6.92 Å². The molecule has 0 radical (unpaired) electrons. The summed E-state index contributed by atoms with van der Waals surface area (Å²) in [5.41, 5.74) is 1.50. The first kappa shape index (κ1) is 12.4. The molecule has 2 aromatic rings. The Morgan fingerprint density at radius 1 is 1.33 bits per heavy atom. The molecule has 0 saturated carbocycles. The Kier molecular flexibility index (Phi) is 3.21. The van der Waals surface area contributed by atoms with Crippen molar-refractivity contribution in [1.82, 2.24) is 4.98 Å². The van der Waals surface area contributed by atoms with Crippen molar-refractivity contribution in [2.24, 2.45) is 0 Å². The second-order valence-electron chi connectivity index (χ2n) is 3.89. The monoisotopic (exact) mass is 263 g/mol. The number of aromatic amines is 1. The van der Waals surface area contributed by atoms with Gasteiger partial charge in [0.1, 0.15) is 0 Å². The Labute approximate surface area is 108 Å². The predicted molar refractivity (Wildman–Crippen MR) is 69.2 cm³/mol. The molecule has 18 heavy (non-hydrogen) atoms. The summed E-state index contributed by atoms with van der Waals surface area (Å²) in [4.78, 5) is 24.7. The summed E-state index contributed by atoms with van der Waals surface area (Å²) in [6.07, 6.45) is 1.38. The van der Waals surface area contributed by atoms with E-state index in [1.807, 2.05) is 6.92 Å². The van der Waals surface area contributed by atoms with Crippen molar-refractivity contribution in [3.63, 3.8) is 0 Å². The van der Waals surface area contributed by atoms with Gasteiger partial charge in [-0.1, -0.05) is 23.7 Å². The number of nitrogens with one attached hydrogen (secondary N) is 1. The molecule has 0 amide bonds. The summed E-state index contributed by atoms with van der Waals surface area (Å²) in [7, 11) is 0. The van der Waals surface area contributed by atoms with Crippen LogP contribution in [0.15, 0.2) is 35.3 Å². The molecule has 0 aliphatic rings. The first-order valence-corrected chi connectivity index (χ1v) is 5.59. The zero-order valence-electron chi connectivity index (χ0n) is 9.53. The molecule has 0 aliphatic heterocycles. The lowest BCUT2D eigenvalue weighted by Gasteiger charge is -2.07. The molecule has 0 spiro atoms. The van der Waals surface area contributed by atoms with Gasteiger partial charge in [0.15, 0.2) is 0 Å². The molecule has 0 aliphatic carbocycles. The van der Waals surface area contributed by atoms with Crippen LogP contribution in [-0.2, 0) is 0 Å². The van der Waals surface area contributed by atoms with Crippen LogP contribution in [0.3, 0.4) is 0 Å². The van der Waals surface area contributed by atoms with Gasteiger partial charge in [0.2, 0.25) is 5.56 Å². The fourth-order valence-corrected chi connectivity index (χ4v) is 1.83. The van der Waals surface area contributed by atoms with Gasteiger partial charge in [-0.25, -0.2) is 4.79 Å². The summed E-state index contributed by atoms with van der Waals surface area (Å²) in [6.45, 7) is 1.86. The van der Waals surface area contributed by atoms with Crippen molar-refractivity contribution in [2.45, 2.75) is 6.92 Å². The van der Waals surface area contributed by atoms with Crippen LogP contribution in [0.25, 0.3) is 11.1 Å². The second-order valence-corrected chi connectivity index (χ2v) is 4.30. The number of carbonyl (C=O) groups is 1. The number of aryl methyl sites for hydroxylation is 1. The van der Waals surface area contributed by atoms with E-state index in [-0.39, 0.29) is 5.56 Å². The molecule has 0 bridgehead atoms. The van der Waals surface area contributed by atoms with Crippen molar-refractivity contribution in [1.29, 1.82) is 0 Å². The normalized spacial score (nSPS) is 10.3. The number of rotatable bonds is 2. The number of H-pyrrole nitrogens is 1. The fraction of sp³-hybridized carbons (Fsp3) is 0.0769. The first-order valence-electron chi connectivity index (χ1n) is 5.21. The van der Waals surface area contributed by atoms with Crippen LogP contribution >= 0.6 is 11.6 Å². The van der Waals surface area contributed by atoms with Gasteiger partial charge in [-0.15, -0.1) is 0 Å².